The Bertz CT molecular complexity index is 3180. The van der Waals surface area contributed by atoms with Crippen LogP contribution in [0.3, 0.4) is 0 Å². The van der Waals surface area contributed by atoms with Gasteiger partial charge in [-0.1, -0.05) is 152 Å². The minimum Gasteiger partial charge on any atom is -0.456 e. The SMILES string of the molecule is c1ccc(-c2nc(-c3ccccc3)nc(-c3cccc(-c4ccc5c(c4)oc4cccc(-c6ccc7sc8c(-c9ccccc9)cccc8c7c6)c45)c3)n2)cc1. The molecule has 0 atom stereocenters. The van der Waals surface area contributed by atoms with E-state index in [9.17, 15) is 0 Å². The van der Waals surface area contributed by atoms with E-state index in [1.807, 2.05) is 72.0 Å². The Kier molecular flexibility index (Phi) is 7.64. The van der Waals surface area contributed by atoms with Crippen LogP contribution >= 0.6 is 11.3 Å². The summed E-state index contributed by atoms with van der Waals surface area (Å²) in [6, 6.07) is 65.6. The summed E-state index contributed by atoms with van der Waals surface area (Å²) in [5, 5.41) is 4.78. The van der Waals surface area contributed by atoms with E-state index in [0.29, 0.717) is 17.5 Å². The van der Waals surface area contributed by atoms with E-state index in [1.165, 1.54) is 36.9 Å². The van der Waals surface area contributed by atoms with Gasteiger partial charge in [-0.3, -0.25) is 0 Å². The molecule has 3 heterocycles. The fourth-order valence-corrected chi connectivity index (χ4v) is 9.05. The van der Waals surface area contributed by atoms with Gasteiger partial charge in [-0.15, -0.1) is 11.3 Å². The van der Waals surface area contributed by atoms with Crippen LogP contribution in [0.15, 0.2) is 192 Å². The molecule has 0 fully saturated rings. The Morgan fingerprint density at radius 2 is 0.911 bits per heavy atom. The third-order valence-electron chi connectivity index (χ3n) is 10.5. The van der Waals surface area contributed by atoms with Gasteiger partial charge in [0, 0.05) is 47.6 Å². The lowest BCUT2D eigenvalue weighted by molar-refractivity contribution is 0.669. The highest BCUT2D eigenvalue weighted by Gasteiger charge is 2.17. The van der Waals surface area contributed by atoms with E-state index in [1.54, 1.807) is 0 Å². The van der Waals surface area contributed by atoms with Crippen molar-refractivity contribution in [1.29, 1.82) is 0 Å². The summed E-state index contributed by atoms with van der Waals surface area (Å²) in [4.78, 5) is 14.8. The molecular weight excluding hydrogens is 703 g/mol. The summed E-state index contributed by atoms with van der Waals surface area (Å²) in [5.74, 6) is 1.91. The van der Waals surface area contributed by atoms with Gasteiger partial charge in [0.25, 0.3) is 0 Å². The molecule has 56 heavy (non-hydrogen) atoms. The molecule has 0 spiro atoms. The number of furan rings is 1. The van der Waals surface area contributed by atoms with Gasteiger partial charge in [0.1, 0.15) is 11.2 Å². The molecule has 5 heteroatoms. The molecule has 0 aliphatic heterocycles. The van der Waals surface area contributed by atoms with Crippen LogP contribution in [0, 0.1) is 0 Å². The number of fused-ring (bicyclic) bond motifs is 6. The molecule has 11 rings (SSSR count). The van der Waals surface area contributed by atoms with Crippen molar-refractivity contribution >= 4 is 53.4 Å². The van der Waals surface area contributed by atoms with Gasteiger partial charge >= 0.3 is 0 Å². The molecule has 262 valence electrons. The number of benzene rings is 8. The van der Waals surface area contributed by atoms with Crippen molar-refractivity contribution in [3.8, 4) is 67.5 Å². The van der Waals surface area contributed by atoms with E-state index < -0.39 is 0 Å². The zero-order valence-corrected chi connectivity index (χ0v) is 30.9. The second-order valence-electron chi connectivity index (χ2n) is 14.0. The van der Waals surface area contributed by atoms with E-state index >= 15 is 0 Å². The van der Waals surface area contributed by atoms with Gasteiger partial charge < -0.3 is 4.42 Å². The summed E-state index contributed by atoms with van der Waals surface area (Å²) in [5.41, 5.74) is 11.5. The van der Waals surface area contributed by atoms with E-state index in [-0.39, 0.29) is 0 Å². The maximum Gasteiger partial charge on any atom is 0.164 e. The number of hydrogen-bond acceptors (Lipinski definition) is 5. The van der Waals surface area contributed by atoms with Crippen LogP contribution < -0.4 is 0 Å². The Morgan fingerprint density at radius 1 is 0.339 bits per heavy atom. The summed E-state index contributed by atoms with van der Waals surface area (Å²) in [6.45, 7) is 0. The van der Waals surface area contributed by atoms with Gasteiger partial charge in [0.05, 0.1) is 0 Å². The first-order chi connectivity index (χ1) is 27.7. The fourth-order valence-electron chi connectivity index (χ4n) is 7.83. The van der Waals surface area contributed by atoms with Gasteiger partial charge in [0.15, 0.2) is 17.5 Å². The second-order valence-corrected chi connectivity index (χ2v) is 15.0. The van der Waals surface area contributed by atoms with Gasteiger partial charge in [-0.25, -0.2) is 15.0 Å². The maximum atomic E-state index is 6.60. The van der Waals surface area contributed by atoms with Crippen LogP contribution in [-0.2, 0) is 0 Å². The molecular formula is C51H31N3OS. The molecule has 0 aliphatic carbocycles. The Morgan fingerprint density at radius 3 is 1.64 bits per heavy atom. The highest BCUT2D eigenvalue weighted by Crippen LogP contribution is 2.44. The Labute approximate surface area is 327 Å². The Hall–Kier alpha value is -7.21. The van der Waals surface area contributed by atoms with Crippen LogP contribution in [0.5, 0.6) is 0 Å². The monoisotopic (exact) mass is 733 g/mol. The molecule has 11 aromatic rings. The van der Waals surface area contributed by atoms with Crippen molar-refractivity contribution < 1.29 is 4.42 Å². The number of rotatable bonds is 6. The van der Waals surface area contributed by atoms with Crippen LogP contribution in [0.2, 0.25) is 0 Å². The number of thiophene rings is 1. The van der Waals surface area contributed by atoms with Crippen LogP contribution in [0.25, 0.3) is 110 Å². The Balaban J connectivity index is 0.989. The summed E-state index contributed by atoms with van der Waals surface area (Å²) < 4.78 is 9.20. The molecule has 0 aliphatic rings. The second kappa shape index (κ2) is 13.3. The lowest BCUT2D eigenvalue weighted by Crippen LogP contribution is -2.00. The third kappa shape index (κ3) is 5.56. The molecule has 0 amide bonds. The van der Waals surface area contributed by atoms with Crippen molar-refractivity contribution in [1.82, 2.24) is 15.0 Å². The fraction of sp³-hybridized carbons (Fsp3) is 0. The summed E-state index contributed by atoms with van der Waals surface area (Å²) in [6.07, 6.45) is 0. The van der Waals surface area contributed by atoms with Crippen LogP contribution in [-0.4, -0.2) is 15.0 Å². The average molecular weight is 734 g/mol. The van der Waals surface area contributed by atoms with Crippen molar-refractivity contribution in [3.05, 3.63) is 188 Å². The lowest BCUT2D eigenvalue weighted by atomic mass is 9.96. The average Bonchev–Trinajstić information content (AvgIpc) is 3.85. The zero-order valence-electron chi connectivity index (χ0n) is 30.1. The molecule has 0 bridgehead atoms. The molecule has 0 N–H and O–H groups in total. The molecule has 0 unspecified atom stereocenters. The molecule has 4 nitrogen and oxygen atoms in total. The van der Waals surface area contributed by atoms with Crippen LogP contribution in [0.1, 0.15) is 0 Å². The first-order valence-corrected chi connectivity index (χ1v) is 19.5. The van der Waals surface area contributed by atoms with Gasteiger partial charge in [-0.2, -0.15) is 0 Å². The molecule has 8 aromatic carbocycles. The first kappa shape index (κ1) is 32.2. The third-order valence-corrected chi connectivity index (χ3v) is 11.8. The van der Waals surface area contributed by atoms with E-state index in [4.69, 9.17) is 19.4 Å². The smallest absolute Gasteiger partial charge is 0.164 e. The normalized spacial score (nSPS) is 11.6. The molecule has 0 saturated carbocycles. The number of aromatic nitrogens is 3. The molecule has 3 aromatic heterocycles. The first-order valence-electron chi connectivity index (χ1n) is 18.7. The van der Waals surface area contributed by atoms with Crippen LogP contribution in [0.4, 0.5) is 0 Å². The topological polar surface area (TPSA) is 51.8 Å². The van der Waals surface area contributed by atoms with Crippen molar-refractivity contribution in [2.24, 2.45) is 0 Å². The summed E-state index contributed by atoms with van der Waals surface area (Å²) in [7, 11) is 0. The predicted molar refractivity (Wildman–Crippen MR) is 233 cm³/mol. The minimum atomic E-state index is 0.626. The number of nitrogens with zero attached hydrogens (tertiary/aromatic N) is 3. The number of hydrogen-bond donors (Lipinski definition) is 0. The molecule has 0 radical (unpaired) electrons. The zero-order chi connectivity index (χ0) is 37.0. The minimum absolute atomic E-state index is 0.626. The van der Waals surface area contributed by atoms with E-state index in [0.717, 1.165) is 55.3 Å². The van der Waals surface area contributed by atoms with Crippen molar-refractivity contribution in [3.63, 3.8) is 0 Å². The highest BCUT2D eigenvalue weighted by molar-refractivity contribution is 7.26. The highest BCUT2D eigenvalue weighted by atomic mass is 32.1. The van der Waals surface area contributed by atoms with Crippen molar-refractivity contribution in [2.45, 2.75) is 0 Å². The van der Waals surface area contributed by atoms with Gasteiger partial charge in [0.2, 0.25) is 0 Å². The quantitative estimate of drug-likeness (QED) is 0.171. The van der Waals surface area contributed by atoms with Crippen molar-refractivity contribution in [2.75, 3.05) is 0 Å². The van der Waals surface area contributed by atoms with E-state index in [2.05, 4.69) is 127 Å². The molecule has 0 saturated heterocycles. The largest absolute Gasteiger partial charge is 0.456 e. The standard InChI is InChI=1S/C51H31N3OS/c1-4-13-32(14-5-1)40-22-11-23-41-43-30-37(26-28-46(43)56-48(40)41)39-21-12-24-44-47(39)42-27-25-36(31-45(42)55-44)35-19-10-20-38(29-35)51-53-49(33-15-6-2-7-16-33)52-50(54-51)34-17-8-3-9-18-34/h1-31H. The summed E-state index contributed by atoms with van der Waals surface area (Å²) >= 11 is 1.86. The lowest BCUT2D eigenvalue weighted by Gasteiger charge is -2.09. The maximum absolute atomic E-state index is 6.60. The predicted octanol–water partition coefficient (Wildman–Crippen LogP) is 14.1. The van der Waals surface area contributed by atoms with Gasteiger partial charge in [-0.05, 0) is 69.8 Å².